The topological polar surface area (TPSA) is 54.0 Å². The fraction of sp³-hybridized carbons (Fsp3) is 0.333. The van der Waals surface area contributed by atoms with Crippen LogP contribution in [-0.2, 0) is 24.2 Å². The van der Waals surface area contributed by atoms with Gasteiger partial charge in [-0.05, 0) is 30.2 Å². The van der Waals surface area contributed by atoms with E-state index in [1.54, 1.807) is 12.3 Å². The zero-order valence-electron chi connectivity index (χ0n) is 11.5. The molecule has 0 bridgehead atoms. The summed E-state index contributed by atoms with van der Waals surface area (Å²) in [5, 5.41) is 8.67. The molecule has 1 aromatic carbocycles. The highest BCUT2D eigenvalue weighted by Crippen LogP contribution is 2.24. The summed E-state index contributed by atoms with van der Waals surface area (Å²) in [6, 6.07) is 3.52. The van der Waals surface area contributed by atoms with Crippen molar-refractivity contribution in [2.45, 2.75) is 25.8 Å². The molecule has 110 valence electrons. The molecule has 1 amide bonds. The first-order valence-corrected chi connectivity index (χ1v) is 7.81. The standard InChI is InChI=1S/C15H16FN3OS/c16-15-11-5-6-17-9-10(11)1-2-12(15)19-13(20)3-4-14-18-7-8-21-14/h1-2,7-8,17H,3-6,9H2,(H,19,20). The second kappa shape index (κ2) is 6.32. The number of aromatic nitrogens is 1. The maximum absolute atomic E-state index is 14.4. The first kappa shape index (κ1) is 14.2. The summed E-state index contributed by atoms with van der Waals surface area (Å²) in [6.07, 6.45) is 3.27. The summed E-state index contributed by atoms with van der Waals surface area (Å²) in [5.74, 6) is -0.477. The molecule has 3 rings (SSSR count). The van der Waals surface area contributed by atoms with Crippen LogP contribution in [0.3, 0.4) is 0 Å². The first-order chi connectivity index (χ1) is 10.2. The molecule has 0 fully saturated rings. The Labute approximate surface area is 126 Å². The van der Waals surface area contributed by atoms with Crippen LogP contribution in [0.1, 0.15) is 22.6 Å². The fourth-order valence-electron chi connectivity index (χ4n) is 2.44. The van der Waals surface area contributed by atoms with Crippen molar-refractivity contribution >= 4 is 22.9 Å². The van der Waals surface area contributed by atoms with E-state index < -0.39 is 0 Å². The second-order valence-corrected chi connectivity index (χ2v) is 5.94. The molecule has 1 aliphatic heterocycles. The number of nitrogens with one attached hydrogen (secondary N) is 2. The van der Waals surface area contributed by atoms with Crippen LogP contribution >= 0.6 is 11.3 Å². The normalized spacial score (nSPS) is 13.8. The third-order valence-corrected chi connectivity index (χ3v) is 4.37. The molecule has 0 aliphatic carbocycles. The first-order valence-electron chi connectivity index (χ1n) is 6.93. The molecule has 21 heavy (non-hydrogen) atoms. The number of nitrogens with zero attached hydrogens (tertiary/aromatic N) is 1. The molecule has 2 aromatic rings. The van der Waals surface area contributed by atoms with Gasteiger partial charge < -0.3 is 10.6 Å². The predicted octanol–water partition coefficient (Wildman–Crippen LogP) is 2.50. The van der Waals surface area contributed by atoms with Crippen LogP contribution in [0.15, 0.2) is 23.7 Å². The van der Waals surface area contributed by atoms with E-state index in [2.05, 4.69) is 15.6 Å². The third kappa shape index (κ3) is 3.28. The van der Waals surface area contributed by atoms with Gasteiger partial charge in [0.15, 0.2) is 0 Å². The summed E-state index contributed by atoms with van der Waals surface area (Å²) < 4.78 is 14.4. The second-order valence-electron chi connectivity index (χ2n) is 4.97. The number of aryl methyl sites for hydroxylation is 1. The van der Waals surface area contributed by atoms with Crippen molar-refractivity contribution in [3.8, 4) is 0 Å². The Morgan fingerprint density at radius 1 is 1.48 bits per heavy atom. The highest BCUT2D eigenvalue weighted by atomic mass is 32.1. The number of hydrogen-bond donors (Lipinski definition) is 2. The SMILES string of the molecule is O=C(CCc1nccs1)Nc1ccc2c(c1F)CCNC2. The van der Waals surface area contributed by atoms with Crippen LogP contribution in [0.5, 0.6) is 0 Å². The van der Waals surface area contributed by atoms with Crippen LogP contribution in [0.2, 0.25) is 0 Å². The number of benzene rings is 1. The van der Waals surface area contributed by atoms with Gasteiger partial charge in [0, 0.05) is 31.0 Å². The summed E-state index contributed by atoms with van der Waals surface area (Å²) in [6.45, 7) is 1.45. The number of carbonyl (C=O) groups is 1. The van der Waals surface area contributed by atoms with Gasteiger partial charge in [0.1, 0.15) is 5.82 Å². The molecular formula is C15H16FN3OS. The average Bonchev–Trinajstić information content (AvgIpc) is 3.02. The Hall–Kier alpha value is -1.79. The van der Waals surface area contributed by atoms with Crippen molar-refractivity contribution in [2.24, 2.45) is 0 Å². The smallest absolute Gasteiger partial charge is 0.224 e. The number of rotatable bonds is 4. The monoisotopic (exact) mass is 305 g/mol. The molecule has 0 spiro atoms. The van der Waals surface area contributed by atoms with Gasteiger partial charge in [0.2, 0.25) is 5.91 Å². The Bertz CT molecular complexity index is 643. The van der Waals surface area contributed by atoms with Crippen LogP contribution in [0.25, 0.3) is 0 Å². The van der Waals surface area contributed by atoms with Crippen LogP contribution < -0.4 is 10.6 Å². The molecule has 1 aromatic heterocycles. The molecule has 2 heterocycles. The minimum absolute atomic E-state index is 0.182. The summed E-state index contributed by atoms with van der Waals surface area (Å²) in [7, 11) is 0. The lowest BCUT2D eigenvalue weighted by Crippen LogP contribution is -2.25. The molecular weight excluding hydrogens is 289 g/mol. The lowest BCUT2D eigenvalue weighted by molar-refractivity contribution is -0.116. The van der Waals surface area contributed by atoms with Gasteiger partial charge in [-0.15, -0.1) is 11.3 Å². The lowest BCUT2D eigenvalue weighted by atomic mass is 9.99. The van der Waals surface area contributed by atoms with Gasteiger partial charge in [0.05, 0.1) is 10.7 Å². The van der Waals surface area contributed by atoms with Gasteiger partial charge in [-0.2, -0.15) is 0 Å². The van der Waals surface area contributed by atoms with E-state index in [1.807, 2.05) is 11.4 Å². The van der Waals surface area contributed by atoms with Crippen molar-refractivity contribution < 1.29 is 9.18 Å². The Balaban J connectivity index is 1.65. The van der Waals surface area contributed by atoms with Crippen molar-refractivity contribution in [1.82, 2.24) is 10.3 Å². The van der Waals surface area contributed by atoms with Crippen molar-refractivity contribution in [1.29, 1.82) is 0 Å². The van der Waals surface area contributed by atoms with E-state index in [1.165, 1.54) is 11.3 Å². The number of halogens is 1. The minimum atomic E-state index is -0.295. The van der Waals surface area contributed by atoms with Gasteiger partial charge in [0.25, 0.3) is 0 Å². The predicted molar refractivity (Wildman–Crippen MR) is 80.9 cm³/mol. The lowest BCUT2D eigenvalue weighted by Gasteiger charge is -2.19. The van der Waals surface area contributed by atoms with Crippen molar-refractivity contribution in [3.63, 3.8) is 0 Å². The van der Waals surface area contributed by atoms with E-state index in [9.17, 15) is 9.18 Å². The number of thiazole rings is 1. The van der Waals surface area contributed by atoms with Crippen molar-refractivity contribution in [2.75, 3.05) is 11.9 Å². The third-order valence-electron chi connectivity index (χ3n) is 3.53. The molecule has 0 unspecified atom stereocenters. The zero-order chi connectivity index (χ0) is 14.7. The van der Waals surface area contributed by atoms with Gasteiger partial charge in [-0.25, -0.2) is 9.37 Å². The molecule has 0 saturated heterocycles. The number of anilines is 1. The molecule has 4 nitrogen and oxygen atoms in total. The largest absolute Gasteiger partial charge is 0.324 e. The highest BCUT2D eigenvalue weighted by molar-refractivity contribution is 7.09. The number of fused-ring (bicyclic) bond motifs is 1. The summed E-state index contributed by atoms with van der Waals surface area (Å²) in [4.78, 5) is 16.0. The Morgan fingerprint density at radius 2 is 2.38 bits per heavy atom. The molecule has 1 aliphatic rings. The molecule has 6 heteroatoms. The quantitative estimate of drug-likeness (QED) is 0.912. The van der Waals surface area contributed by atoms with Crippen LogP contribution in [0, 0.1) is 5.82 Å². The van der Waals surface area contributed by atoms with E-state index in [0.717, 1.165) is 17.1 Å². The Kier molecular flexibility index (Phi) is 4.26. The van der Waals surface area contributed by atoms with Crippen molar-refractivity contribution in [3.05, 3.63) is 45.7 Å². The summed E-state index contributed by atoms with van der Waals surface area (Å²) in [5.41, 5.74) is 1.96. The van der Waals surface area contributed by atoms with Gasteiger partial charge in [-0.3, -0.25) is 4.79 Å². The number of carbonyl (C=O) groups excluding carboxylic acids is 1. The summed E-state index contributed by atoms with van der Waals surface area (Å²) >= 11 is 1.52. The zero-order valence-corrected chi connectivity index (χ0v) is 12.3. The number of amides is 1. The maximum atomic E-state index is 14.4. The van der Waals surface area contributed by atoms with Crippen LogP contribution in [0.4, 0.5) is 10.1 Å². The van der Waals surface area contributed by atoms with E-state index >= 15 is 0 Å². The van der Waals surface area contributed by atoms with E-state index in [4.69, 9.17) is 0 Å². The molecule has 0 radical (unpaired) electrons. The molecule has 2 N–H and O–H groups in total. The Morgan fingerprint density at radius 3 is 3.19 bits per heavy atom. The molecule has 0 saturated carbocycles. The fourth-order valence-corrected chi connectivity index (χ4v) is 3.06. The van der Waals surface area contributed by atoms with Gasteiger partial charge >= 0.3 is 0 Å². The highest BCUT2D eigenvalue weighted by Gasteiger charge is 2.17. The maximum Gasteiger partial charge on any atom is 0.224 e. The average molecular weight is 305 g/mol. The van der Waals surface area contributed by atoms with Gasteiger partial charge in [-0.1, -0.05) is 6.07 Å². The molecule has 0 atom stereocenters. The van der Waals surface area contributed by atoms with Crippen LogP contribution in [-0.4, -0.2) is 17.4 Å². The number of hydrogen-bond acceptors (Lipinski definition) is 4. The minimum Gasteiger partial charge on any atom is -0.324 e. The van der Waals surface area contributed by atoms with E-state index in [0.29, 0.717) is 31.4 Å². The van der Waals surface area contributed by atoms with E-state index in [-0.39, 0.29) is 17.4 Å².